The maximum absolute atomic E-state index is 13.0. The molecule has 2 nitrogen and oxygen atoms in total. The highest BCUT2D eigenvalue weighted by Crippen LogP contribution is 2.51. The van der Waals surface area contributed by atoms with Crippen molar-refractivity contribution in [2.45, 2.75) is 71.3 Å². The molecule has 2 heterocycles. The van der Waals surface area contributed by atoms with Gasteiger partial charge >= 0.3 is 0 Å². The Hall–Kier alpha value is -1.15. The smallest absolute Gasteiger partial charge is 0.169 e. The molecule has 1 aromatic rings. The second kappa shape index (κ2) is 7.61. The molecule has 1 saturated carbocycles. The van der Waals surface area contributed by atoms with E-state index in [-0.39, 0.29) is 23.2 Å². The fraction of sp³-hybridized carbons (Fsp3) is 0.609. The lowest BCUT2D eigenvalue weighted by molar-refractivity contribution is -0.151. The Kier molecular flexibility index (Phi) is 5.68. The number of hydrogen-bond acceptors (Lipinski definition) is 2. The summed E-state index contributed by atoms with van der Waals surface area (Å²) in [5, 5.41) is 0. The van der Waals surface area contributed by atoms with Crippen LogP contribution in [0.25, 0.3) is 0 Å². The fourth-order valence-corrected chi connectivity index (χ4v) is 4.67. The van der Waals surface area contributed by atoms with Crippen molar-refractivity contribution in [3.8, 4) is 0 Å². The fourth-order valence-electron chi connectivity index (χ4n) is 4.67. The monoisotopic (exact) mass is 340 g/mol. The molecule has 4 unspecified atom stereocenters. The largest absolute Gasteiger partial charge is 0.360 e. The molecule has 136 valence electrons. The van der Waals surface area contributed by atoms with E-state index in [1.807, 2.05) is 6.07 Å². The van der Waals surface area contributed by atoms with Crippen LogP contribution >= 0.6 is 0 Å². The summed E-state index contributed by atoms with van der Waals surface area (Å²) in [5.41, 5.74) is 1.49. The van der Waals surface area contributed by atoms with Crippen LogP contribution in [0.3, 0.4) is 0 Å². The van der Waals surface area contributed by atoms with Crippen molar-refractivity contribution in [3.63, 3.8) is 0 Å². The second-order valence-corrected chi connectivity index (χ2v) is 8.88. The van der Waals surface area contributed by atoms with Gasteiger partial charge in [0, 0.05) is 6.42 Å². The van der Waals surface area contributed by atoms with Gasteiger partial charge in [-0.15, -0.1) is 0 Å². The van der Waals surface area contributed by atoms with Crippen molar-refractivity contribution in [2.75, 3.05) is 0 Å². The van der Waals surface area contributed by atoms with Crippen LogP contribution in [0, 0.1) is 30.3 Å². The van der Waals surface area contributed by atoms with Gasteiger partial charge in [0.15, 0.2) is 11.9 Å². The van der Waals surface area contributed by atoms with Gasteiger partial charge in [-0.25, -0.2) is 0 Å². The van der Waals surface area contributed by atoms with Gasteiger partial charge in [-0.05, 0) is 54.4 Å². The number of fused-ring (bicyclic) bond motifs is 3. The molecular formula is C23H32O2. The molecule has 0 N–H and O–H groups in total. The van der Waals surface area contributed by atoms with Gasteiger partial charge in [0.25, 0.3) is 0 Å². The minimum atomic E-state index is 0.226. The Balaban J connectivity index is 1.67. The summed E-state index contributed by atoms with van der Waals surface area (Å²) in [6, 6.07) is 10.4. The van der Waals surface area contributed by atoms with Gasteiger partial charge in [-0.2, -0.15) is 0 Å². The number of benzene rings is 1. The van der Waals surface area contributed by atoms with Crippen molar-refractivity contribution in [2.24, 2.45) is 17.3 Å². The van der Waals surface area contributed by atoms with Gasteiger partial charge in [0.2, 0.25) is 0 Å². The molecule has 0 aromatic heterocycles. The van der Waals surface area contributed by atoms with Crippen LogP contribution in [0.4, 0.5) is 0 Å². The highest BCUT2D eigenvalue weighted by molar-refractivity contribution is 5.91. The van der Waals surface area contributed by atoms with Crippen LogP contribution in [-0.2, 0) is 9.53 Å². The molecule has 2 heteroatoms. The first kappa shape index (κ1) is 18.6. The van der Waals surface area contributed by atoms with Crippen LogP contribution in [0.2, 0.25) is 0 Å². The first-order valence-electron chi connectivity index (χ1n) is 9.81. The van der Waals surface area contributed by atoms with E-state index in [1.54, 1.807) is 0 Å². The Labute approximate surface area is 153 Å². The highest BCUT2D eigenvalue weighted by Gasteiger charge is 2.49. The number of ketones is 1. The molecule has 1 aromatic carbocycles. The average molecular weight is 341 g/mol. The van der Waals surface area contributed by atoms with Gasteiger partial charge in [0.1, 0.15) is 0 Å². The van der Waals surface area contributed by atoms with Crippen LogP contribution in [0.5, 0.6) is 0 Å². The number of hydrogen-bond donors (Lipinski definition) is 0. The van der Waals surface area contributed by atoms with Crippen LogP contribution < -0.4 is 0 Å². The SMILES string of the molecule is [CH2]CCC(CC(=O)[C]1OC2CCC1CC2C(C)(C)C)c1ccccc1. The highest BCUT2D eigenvalue weighted by atomic mass is 16.5. The van der Waals surface area contributed by atoms with Crippen molar-refractivity contribution in [1.29, 1.82) is 0 Å². The zero-order valence-electron chi connectivity index (χ0n) is 16.0. The third-order valence-electron chi connectivity index (χ3n) is 6.08. The molecule has 3 aliphatic rings. The number of carbonyl (C=O) groups is 1. The summed E-state index contributed by atoms with van der Waals surface area (Å²) in [6.45, 7) is 10.9. The number of ether oxygens (including phenoxy) is 1. The number of rotatable bonds is 6. The topological polar surface area (TPSA) is 26.3 Å². The quantitative estimate of drug-likeness (QED) is 0.660. The van der Waals surface area contributed by atoms with Crippen molar-refractivity contribution in [3.05, 3.63) is 48.9 Å². The maximum Gasteiger partial charge on any atom is 0.169 e. The molecule has 4 atom stereocenters. The molecule has 2 saturated heterocycles. The predicted molar refractivity (Wildman–Crippen MR) is 102 cm³/mol. The predicted octanol–water partition coefficient (Wildman–Crippen LogP) is 5.74. The number of Topliss-reactive ketones (excluding diaryl/α,β-unsaturated/α-hetero) is 1. The molecule has 2 aliphatic heterocycles. The Morgan fingerprint density at radius 1 is 1.24 bits per heavy atom. The Bertz CT molecular complexity index is 572. The minimum absolute atomic E-state index is 0.226. The normalized spacial score (nSPS) is 28.1. The van der Waals surface area contributed by atoms with Crippen LogP contribution in [-0.4, -0.2) is 11.9 Å². The average Bonchev–Trinajstić information content (AvgIpc) is 2.61. The summed E-state index contributed by atoms with van der Waals surface area (Å²) in [6.07, 6.45) is 6.68. The standard InChI is InChI=1S/C23H32O2/c1-5-9-17(16-10-7-6-8-11-16)15-20(24)22-18-12-13-21(25-22)19(14-18)23(2,3)4/h6-8,10-11,17-19,21H,1,5,9,12-15H2,2-4H3. The second-order valence-electron chi connectivity index (χ2n) is 8.88. The Morgan fingerprint density at radius 2 is 1.96 bits per heavy atom. The molecule has 2 radical (unpaired) electrons. The van der Waals surface area contributed by atoms with E-state index >= 15 is 0 Å². The summed E-state index contributed by atoms with van der Waals surface area (Å²) in [4.78, 5) is 13.0. The third kappa shape index (κ3) is 4.16. The lowest BCUT2D eigenvalue weighted by Crippen LogP contribution is -2.49. The zero-order chi connectivity index (χ0) is 18.0. The van der Waals surface area contributed by atoms with Gasteiger partial charge in [-0.1, -0.05) is 64.4 Å². The maximum atomic E-state index is 13.0. The summed E-state index contributed by atoms with van der Waals surface area (Å²) in [7, 11) is 0. The lowest BCUT2D eigenvalue weighted by Gasteiger charge is -2.50. The van der Waals surface area contributed by atoms with E-state index < -0.39 is 0 Å². The van der Waals surface area contributed by atoms with Gasteiger partial charge < -0.3 is 4.74 Å². The minimum Gasteiger partial charge on any atom is -0.360 e. The number of carbonyl (C=O) groups excluding carboxylic acids is 1. The molecule has 4 rings (SSSR count). The van der Waals surface area contributed by atoms with Crippen molar-refractivity contribution >= 4 is 5.78 Å². The van der Waals surface area contributed by atoms with Gasteiger partial charge in [-0.3, -0.25) is 4.79 Å². The van der Waals surface area contributed by atoms with E-state index in [9.17, 15) is 4.79 Å². The molecule has 2 bridgehead atoms. The molecule has 1 aliphatic carbocycles. The summed E-state index contributed by atoms with van der Waals surface area (Å²) < 4.78 is 6.25. The van der Waals surface area contributed by atoms with Crippen LogP contribution in [0.1, 0.15) is 70.8 Å². The van der Waals surface area contributed by atoms with E-state index in [2.05, 4.69) is 52.0 Å². The van der Waals surface area contributed by atoms with Crippen LogP contribution in [0.15, 0.2) is 30.3 Å². The van der Waals surface area contributed by atoms with Crippen molar-refractivity contribution in [1.82, 2.24) is 0 Å². The van der Waals surface area contributed by atoms with E-state index in [0.717, 1.165) is 38.2 Å². The summed E-state index contributed by atoms with van der Waals surface area (Å²) in [5.74, 6) is 1.37. The molecular weight excluding hydrogens is 308 g/mol. The molecule has 0 spiro atoms. The van der Waals surface area contributed by atoms with E-state index in [0.29, 0.717) is 18.3 Å². The molecule has 0 amide bonds. The first-order chi connectivity index (χ1) is 11.9. The third-order valence-corrected chi connectivity index (χ3v) is 6.08. The molecule has 25 heavy (non-hydrogen) atoms. The zero-order valence-corrected chi connectivity index (χ0v) is 16.0. The first-order valence-corrected chi connectivity index (χ1v) is 9.81. The van der Waals surface area contributed by atoms with E-state index in [1.165, 1.54) is 5.56 Å². The summed E-state index contributed by atoms with van der Waals surface area (Å²) >= 11 is 0. The molecule has 3 fully saturated rings. The van der Waals surface area contributed by atoms with Crippen molar-refractivity contribution < 1.29 is 9.53 Å². The van der Waals surface area contributed by atoms with E-state index in [4.69, 9.17) is 4.74 Å². The Morgan fingerprint density at radius 3 is 2.52 bits per heavy atom. The lowest BCUT2D eigenvalue weighted by atomic mass is 9.63. The van der Waals surface area contributed by atoms with Gasteiger partial charge in [0.05, 0.1) is 6.10 Å².